The Labute approximate surface area is 89.8 Å². The highest BCUT2D eigenvalue weighted by atomic mass is 19.3. The summed E-state index contributed by atoms with van der Waals surface area (Å²) in [6.07, 6.45) is -0.453. The van der Waals surface area contributed by atoms with Crippen LogP contribution in [-0.2, 0) is 16.0 Å². The molecule has 0 aliphatic heterocycles. The minimum atomic E-state index is -3.07. The van der Waals surface area contributed by atoms with Crippen LogP contribution in [0.2, 0.25) is 0 Å². The van der Waals surface area contributed by atoms with Gasteiger partial charge in [0.2, 0.25) is 0 Å². The SMILES string of the molecule is COC(=O)Cc1c(F)cccc1OC(F)F. The van der Waals surface area contributed by atoms with Gasteiger partial charge in [0.1, 0.15) is 11.6 Å². The summed E-state index contributed by atoms with van der Waals surface area (Å²) in [5.41, 5.74) is -0.241. The number of halogens is 3. The van der Waals surface area contributed by atoms with Gasteiger partial charge in [0, 0.05) is 5.56 Å². The highest BCUT2D eigenvalue weighted by molar-refractivity contribution is 5.73. The van der Waals surface area contributed by atoms with Crippen molar-refractivity contribution in [2.75, 3.05) is 7.11 Å². The maximum atomic E-state index is 13.3. The summed E-state index contributed by atoms with van der Waals surface area (Å²) >= 11 is 0. The average molecular weight is 234 g/mol. The smallest absolute Gasteiger partial charge is 0.387 e. The van der Waals surface area contributed by atoms with E-state index in [0.717, 1.165) is 19.2 Å². The first-order valence-corrected chi connectivity index (χ1v) is 4.33. The molecule has 1 rings (SSSR count). The summed E-state index contributed by atoms with van der Waals surface area (Å²) in [6.45, 7) is -3.07. The molecular weight excluding hydrogens is 225 g/mol. The Hall–Kier alpha value is -1.72. The van der Waals surface area contributed by atoms with Gasteiger partial charge in [-0.3, -0.25) is 4.79 Å². The van der Waals surface area contributed by atoms with Gasteiger partial charge in [-0.25, -0.2) is 4.39 Å². The lowest BCUT2D eigenvalue weighted by Crippen LogP contribution is -2.10. The van der Waals surface area contributed by atoms with Crippen LogP contribution in [0.15, 0.2) is 18.2 Å². The van der Waals surface area contributed by atoms with Crippen LogP contribution in [0.1, 0.15) is 5.56 Å². The molecule has 3 nitrogen and oxygen atoms in total. The Kier molecular flexibility index (Phi) is 4.16. The molecule has 1 aromatic rings. The molecule has 0 amide bonds. The third-order valence-electron chi connectivity index (χ3n) is 1.84. The molecule has 1 aromatic carbocycles. The van der Waals surface area contributed by atoms with Gasteiger partial charge in [-0.2, -0.15) is 8.78 Å². The predicted octanol–water partition coefficient (Wildman–Crippen LogP) is 2.14. The first-order valence-electron chi connectivity index (χ1n) is 4.33. The van der Waals surface area contributed by atoms with Crippen molar-refractivity contribution in [3.8, 4) is 5.75 Å². The summed E-state index contributed by atoms with van der Waals surface area (Å²) in [4.78, 5) is 10.9. The molecule has 0 unspecified atom stereocenters. The van der Waals surface area contributed by atoms with Gasteiger partial charge in [-0.15, -0.1) is 0 Å². The predicted molar refractivity (Wildman–Crippen MR) is 48.8 cm³/mol. The normalized spacial score (nSPS) is 10.3. The van der Waals surface area contributed by atoms with E-state index in [1.807, 2.05) is 0 Å². The van der Waals surface area contributed by atoms with E-state index in [-0.39, 0.29) is 11.3 Å². The first kappa shape index (κ1) is 12.4. The molecule has 0 spiro atoms. The van der Waals surface area contributed by atoms with Crippen LogP contribution in [0, 0.1) is 5.82 Å². The topological polar surface area (TPSA) is 35.5 Å². The van der Waals surface area contributed by atoms with Gasteiger partial charge in [0.15, 0.2) is 0 Å². The molecule has 0 aliphatic carbocycles. The number of alkyl halides is 2. The van der Waals surface area contributed by atoms with Crippen LogP contribution >= 0.6 is 0 Å². The van der Waals surface area contributed by atoms with Crippen LogP contribution in [-0.4, -0.2) is 19.7 Å². The molecule has 0 aliphatic rings. The highest BCUT2D eigenvalue weighted by Gasteiger charge is 2.16. The number of benzene rings is 1. The van der Waals surface area contributed by atoms with Crippen molar-refractivity contribution in [1.29, 1.82) is 0 Å². The molecule has 0 heterocycles. The number of rotatable bonds is 4. The molecule has 88 valence electrons. The lowest BCUT2D eigenvalue weighted by Gasteiger charge is -2.10. The van der Waals surface area contributed by atoms with Gasteiger partial charge in [0.05, 0.1) is 13.5 Å². The molecule has 0 atom stereocenters. The minimum absolute atomic E-state index is 0.241. The van der Waals surface area contributed by atoms with Gasteiger partial charge < -0.3 is 9.47 Å². The summed E-state index contributed by atoms with van der Waals surface area (Å²) in [5.74, 6) is -1.88. The molecule has 0 bridgehead atoms. The van der Waals surface area contributed by atoms with Crippen molar-refractivity contribution in [1.82, 2.24) is 0 Å². The number of carbonyl (C=O) groups is 1. The summed E-state index contributed by atoms with van der Waals surface area (Å²) < 4.78 is 45.7. The van der Waals surface area contributed by atoms with Gasteiger partial charge >= 0.3 is 12.6 Å². The van der Waals surface area contributed by atoms with E-state index >= 15 is 0 Å². The molecule has 0 aromatic heterocycles. The molecule has 6 heteroatoms. The van der Waals surface area contributed by atoms with E-state index in [0.29, 0.717) is 0 Å². The minimum Gasteiger partial charge on any atom is -0.469 e. The molecular formula is C10H9F3O3. The third kappa shape index (κ3) is 3.15. The lowest BCUT2D eigenvalue weighted by atomic mass is 10.1. The number of hydrogen-bond donors (Lipinski definition) is 0. The van der Waals surface area contributed by atoms with Crippen LogP contribution in [0.3, 0.4) is 0 Å². The van der Waals surface area contributed by atoms with Crippen molar-refractivity contribution >= 4 is 5.97 Å². The fraction of sp³-hybridized carbons (Fsp3) is 0.300. The third-order valence-corrected chi connectivity index (χ3v) is 1.84. The Balaban J connectivity index is 2.98. The molecule has 16 heavy (non-hydrogen) atoms. The second-order valence-corrected chi connectivity index (χ2v) is 2.85. The molecule has 0 saturated carbocycles. The fourth-order valence-electron chi connectivity index (χ4n) is 1.13. The Bertz CT molecular complexity index is 380. The van der Waals surface area contributed by atoms with Crippen LogP contribution < -0.4 is 4.74 Å². The second kappa shape index (κ2) is 5.39. The van der Waals surface area contributed by atoms with Gasteiger partial charge in [-0.1, -0.05) is 6.07 Å². The zero-order valence-corrected chi connectivity index (χ0v) is 8.38. The molecule has 0 fully saturated rings. The second-order valence-electron chi connectivity index (χ2n) is 2.85. The zero-order valence-electron chi connectivity index (χ0n) is 8.38. The quantitative estimate of drug-likeness (QED) is 0.749. The van der Waals surface area contributed by atoms with E-state index in [9.17, 15) is 18.0 Å². The van der Waals surface area contributed by atoms with Crippen molar-refractivity contribution in [3.63, 3.8) is 0 Å². The molecule has 0 N–H and O–H groups in total. The number of ether oxygens (including phenoxy) is 2. The van der Waals surface area contributed by atoms with Gasteiger partial charge in [0.25, 0.3) is 0 Å². The summed E-state index contributed by atoms with van der Waals surface area (Å²) in [6, 6.07) is 3.43. The molecule has 0 saturated heterocycles. The Morgan fingerprint density at radius 3 is 2.69 bits per heavy atom. The maximum absolute atomic E-state index is 13.3. The van der Waals surface area contributed by atoms with Crippen molar-refractivity contribution in [2.24, 2.45) is 0 Å². The van der Waals surface area contributed by atoms with E-state index in [4.69, 9.17) is 0 Å². The van der Waals surface area contributed by atoms with Crippen molar-refractivity contribution in [3.05, 3.63) is 29.6 Å². The number of methoxy groups -OCH3 is 1. The Morgan fingerprint density at radius 1 is 1.44 bits per heavy atom. The van der Waals surface area contributed by atoms with E-state index < -0.39 is 24.8 Å². The van der Waals surface area contributed by atoms with Crippen LogP contribution in [0.4, 0.5) is 13.2 Å². The van der Waals surface area contributed by atoms with Crippen LogP contribution in [0.5, 0.6) is 5.75 Å². The summed E-state index contributed by atoms with van der Waals surface area (Å²) in [7, 11) is 1.12. The van der Waals surface area contributed by atoms with Gasteiger partial charge in [-0.05, 0) is 12.1 Å². The fourth-order valence-corrected chi connectivity index (χ4v) is 1.13. The lowest BCUT2D eigenvalue weighted by molar-refractivity contribution is -0.140. The number of hydrogen-bond acceptors (Lipinski definition) is 3. The van der Waals surface area contributed by atoms with Crippen molar-refractivity contribution < 1.29 is 27.4 Å². The standard InChI is InChI=1S/C10H9F3O3/c1-15-9(14)5-6-7(11)3-2-4-8(6)16-10(12)13/h2-4,10H,5H2,1H3. The van der Waals surface area contributed by atoms with E-state index in [2.05, 4.69) is 9.47 Å². The van der Waals surface area contributed by atoms with Crippen molar-refractivity contribution in [2.45, 2.75) is 13.0 Å². The maximum Gasteiger partial charge on any atom is 0.387 e. The molecule has 0 radical (unpaired) electrons. The Morgan fingerprint density at radius 2 is 2.12 bits per heavy atom. The first-order chi connectivity index (χ1) is 7.54. The average Bonchev–Trinajstić information content (AvgIpc) is 2.22. The zero-order chi connectivity index (χ0) is 12.1. The summed E-state index contributed by atoms with van der Waals surface area (Å²) in [5, 5.41) is 0. The number of carbonyl (C=O) groups excluding carboxylic acids is 1. The monoisotopic (exact) mass is 234 g/mol. The highest BCUT2D eigenvalue weighted by Crippen LogP contribution is 2.24. The van der Waals surface area contributed by atoms with E-state index in [1.54, 1.807) is 0 Å². The largest absolute Gasteiger partial charge is 0.469 e. The number of esters is 1. The van der Waals surface area contributed by atoms with Crippen LogP contribution in [0.25, 0.3) is 0 Å². The van der Waals surface area contributed by atoms with E-state index in [1.165, 1.54) is 6.07 Å².